The van der Waals surface area contributed by atoms with Crippen molar-refractivity contribution in [3.8, 4) is 11.5 Å². The van der Waals surface area contributed by atoms with Crippen LogP contribution in [0.4, 0.5) is 10.1 Å². The first-order valence-electron chi connectivity index (χ1n) is 9.41. The van der Waals surface area contributed by atoms with Crippen molar-refractivity contribution in [2.24, 2.45) is 0 Å². The smallest absolute Gasteiger partial charge is 0.238 e. The number of rotatable bonds is 6. The molecule has 0 bridgehead atoms. The van der Waals surface area contributed by atoms with E-state index in [1.54, 1.807) is 54.1 Å². The molecule has 0 aliphatic carbocycles. The lowest BCUT2D eigenvalue weighted by atomic mass is 10.1. The summed E-state index contributed by atoms with van der Waals surface area (Å²) in [7, 11) is 1.56. The highest BCUT2D eigenvalue weighted by Gasteiger charge is 2.35. The summed E-state index contributed by atoms with van der Waals surface area (Å²) < 4.78 is 26.3. The fourth-order valence-electron chi connectivity index (χ4n) is 3.34. The van der Waals surface area contributed by atoms with Gasteiger partial charge in [0.15, 0.2) is 11.5 Å². The summed E-state index contributed by atoms with van der Waals surface area (Å²) >= 11 is 9.73. The number of carbonyl (C=O) groups is 1. The van der Waals surface area contributed by atoms with Crippen molar-refractivity contribution < 1.29 is 18.7 Å². The van der Waals surface area contributed by atoms with E-state index in [4.69, 9.17) is 21.1 Å². The molecule has 160 valence electrons. The fourth-order valence-corrected chi connectivity index (χ4v) is 5.40. The quantitative estimate of drug-likeness (QED) is 0.320. The number of halogens is 3. The maximum absolute atomic E-state index is 13.9. The van der Waals surface area contributed by atoms with Crippen molar-refractivity contribution in [2.45, 2.75) is 12.0 Å². The van der Waals surface area contributed by atoms with Crippen molar-refractivity contribution >= 4 is 57.5 Å². The van der Waals surface area contributed by atoms with Crippen molar-refractivity contribution in [2.75, 3.05) is 17.8 Å². The van der Waals surface area contributed by atoms with Crippen LogP contribution in [0.25, 0.3) is 0 Å². The van der Waals surface area contributed by atoms with Crippen LogP contribution >= 0.6 is 46.0 Å². The SMILES string of the molecule is COc1cc([C@H]2SCC(=O)N2c2ccc(Cl)cc2)cc(I)c1OCc1ccccc1F. The lowest BCUT2D eigenvalue weighted by Crippen LogP contribution is -2.27. The molecule has 1 atom stereocenters. The molecule has 31 heavy (non-hydrogen) atoms. The zero-order chi connectivity index (χ0) is 22.0. The highest BCUT2D eigenvalue weighted by Crippen LogP contribution is 2.45. The van der Waals surface area contributed by atoms with E-state index in [-0.39, 0.29) is 23.7 Å². The Morgan fingerprint density at radius 3 is 2.65 bits per heavy atom. The largest absolute Gasteiger partial charge is 0.493 e. The third-order valence-electron chi connectivity index (χ3n) is 4.84. The van der Waals surface area contributed by atoms with Crippen LogP contribution in [0.5, 0.6) is 11.5 Å². The van der Waals surface area contributed by atoms with E-state index in [2.05, 4.69) is 22.6 Å². The number of hydrogen-bond donors (Lipinski definition) is 0. The van der Waals surface area contributed by atoms with Gasteiger partial charge in [0.05, 0.1) is 16.4 Å². The van der Waals surface area contributed by atoms with Crippen molar-refractivity contribution in [3.63, 3.8) is 0 Å². The number of hydrogen-bond acceptors (Lipinski definition) is 4. The lowest BCUT2D eigenvalue weighted by Gasteiger charge is -2.25. The summed E-state index contributed by atoms with van der Waals surface area (Å²) in [6.07, 6.45) is 0. The highest BCUT2D eigenvalue weighted by atomic mass is 127. The first kappa shape index (κ1) is 22.2. The van der Waals surface area contributed by atoms with Crippen LogP contribution in [0.15, 0.2) is 60.7 Å². The molecule has 4 nitrogen and oxygen atoms in total. The molecule has 1 heterocycles. The number of benzene rings is 3. The Kier molecular flexibility index (Phi) is 6.93. The van der Waals surface area contributed by atoms with Gasteiger partial charge in [-0.05, 0) is 70.6 Å². The molecule has 8 heteroatoms. The Morgan fingerprint density at radius 1 is 1.19 bits per heavy atom. The van der Waals surface area contributed by atoms with Gasteiger partial charge in [-0.25, -0.2) is 4.39 Å². The molecule has 1 fully saturated rings. The molecule has 1 saturated heterocycles. The molecule has 4 rings (SSSR count). The number of nitrogens with zero attached hydrogens (tertiary/aromatic N) is 1. The Bertz CT molecular complexity index is 1110. The monoisotopic (exact) mass is 569 g/mol. The number of anilines is 1. The van der Waals surface area contributed by atoms with Crippen LogP contribution in [0, 0.1) is 9.39 Å². The van der Waals surface area contributed by atoms with E-state index >= 15 is 0 Å². The molecule has 1 aliphatic heterocycles. The molecular weight excluding hydrogens is 552 g/mol. The molecular formula is C23H18ClFINO3S. The number of ether oxygens (including phenoxy) is 2. The van der Waals surface area contributed by atoms with Gasteiger partial charge in [-0.1, -0.05) is 29.8 Å². The van der Waals surface area contributed by atoms with Crippen molar-refractivity contribution in [1.29, 1.82) is 0 Å². The Balaban J connectivity index is 1.63. The van der Waals surface area contributed by atoms with E-state index < -0.39 is 0 Å². The maximum atomic E-state index is 13.9. The van der Waals surface area contributed by atoms with Gasteiger partial charge in [0.1, 0.15) is 17.8 Å². The molecule has 3 aromatic carbocycles. The summed E-state index contributed by atoms with van der Waals surface area (Å²) in [5, 5.41) is 0.420. The van der Waals surface area contributed by atoms with Gasteiger partial charge in [0.2, 0.25) is 5.91 Å². The normalized spacial score (nSPS) is 15.9. The number of thioether (sulfide) groups is 1. The first-order valence-corrected chi connectivity index (χ1v) is 11.9. The number of methoxy groups -OCH3 is 1. The minimum absolute atomic E-state index is 0.0335. The predicted octanol–water partition coefficient (Wildman–Crippen LogP) is 6.45. The highest BCUT2D eigenvalue weighted by molar-refractivity contribution is 14.1. The zero-order valence-corrected chi connectivity index (χ0v) is 20.2. The standard InChI is InChI=1S/C23H18ClFINO3S/c1-29-20-11-15(10-19(26)22(20)30-12-14-4-2-3-5-18(14)25)23-27(21(28)13-31-23)17-8-6-16(24)7-9-17/h2-11,23H,12-13H2,1H3/t23-/m1/s1. The van der Waals surface area contributed by atoms with Crippen LogP contribution in [-0.4, -0.2) is 18.8 Å². The minimum atomic E-state index is -0.312. The fraction of sp³-hybridized carbons (Fsp3) is 0.174. The third-order valence-corrected chi connectivity index (χ3v) is 7.11. The van der Waals surface area contributed by atoms with Gasteiger partial charge >= 0.3 is 0 Å². The molecule has 0 aromatic heterocycles. The summed E-state index contributed by atoms with van der Waals surface area (Å²) in [6.45, 7) is 0.0892. The van der Waals surface area contributed by atoms with E-state index in [9.17, 15) is 9.18 Å². The van der Waals surface area contributed by atoms with Crippen LogP contribution in [-0.2, 0) is 11.4 Å². The Hall–Kier alpha value is -1.97. The number of amides is 1. The topological polar surface area (TPSA) is 38.8 Å². The van der Waals surface area contributed by atoms with Gasteiger partial charge < -0.3 is 9.47 Å². The molecule has 1 aliphatic rings. The van der Waals surface area contributed by atoms with Gasteiger partial charge in [0.25, 0.3) is 0 Å². The molecule has 1 amide bonds. The van der Waals surface area contributed by atoms with Crippen molar-refractivity contribution in [3.05, 3.63) is 86.2 Å². The van der Waals surface area contributed by atoms with Gasteiger partial charge in [-0.15, -0.1) is 11.8 Å². The Labute approximate surface area is 202 Å². The van der Waals surface area contributed by atoms with Crippen LogP contribution in [0.1, 0.15) is 16.5 Å². The van der Waals surface area contributed by atoms with Crippen molar-refractivity contribution in [1.82, 2.24) is 0 Å². The molecule has 0 unspecified atom stereocenters. The molecule has 0 radical (unpaired) electrons. The lowest BCUT2D eigenvalue weighted by molar-refractivity contribution is -0.115. The van der Waals surface area contributed by atoms with E-state index in [0.717, 1.165) is 14.8 Å². The average Bonchev–Trinajstić information content (AvgIpc) is 3.15. The third kappa shape index (κ3) is 4.78. The van der Waals surface area contributed by atoms with Gasteiger partial charge in [-0.3, -0.25) is 9.69 Å². The summed E-state index contributed by atoms with van der Waals surface area (Å²) in [6, 6.07) is 17.6. The molecule has 0 spiro atoms. The summed E-state index contributed by atoms with van der Waals surface area (Å²) in [5.41, 5.74) is 2.18. The summed E-state index contributed by atoms with van der Waals surface area (Å²) in [5.74, 6) is 1.19. The second-order valence-corrected chi connectivity index (χ2v) is 9.48. The zero-order valence-electron chi connectivity index (χ0n) is 16.5. The van der Waals surface area contributed by atoms with Crippen LogP contribution in [0.2, 0.25) is 5.02 Å². The second-order valence-electron chi connectivity index (χ2n) is 6.82. The Morgan fingerprint density at radius 2 is 1.94 bits per heavy atom. The molecule has 0 saturated carbocycles. The minimum Gasteiger partial charge on any atom is -0.493 e. The van der Waals surface area contributed by atoms with Gasteiger partial charge in [-0.2, -0.15) is 0 Å². The van der Waals surface area contributed by atoms with Crippen LogP contribution < -0.4 is 14.4 Å². The first-order chi connectivity index (χ1) is 15.0. The van der Waals surface area contributed by atoms with Crippen LogP contribution in [0.3, 0.4) is 0 Å². The summed E-state index contributed by atoms with van der Waals surface area (Å²) in [4.78, 5) is 14.4. The number of carbonyl (C=O) groups excluding carboxylic acids is 1. The average molecular weight is 570 g/mol. The second kappa shape index (κ2) is 9.67. The predicted molar refractivity (Wildman–Crippen MR) is 131 cm³/mol. The van der Waals surface area contributed by atoms with E-state index in [1.807, 2.05) is 24.3 Å². The van der Waals surface area contributed by atoms with E-state index in [1.165, 1.54) is 6.07 Å². The maximum Gasteiger partial charge on any atom is 0.238 e. The molecule has 0 N–H and O–H groups in total. The van der Waals surface area contributed by atoms with E-state index in [0.29, 0.717) is 27.8 Å². The molecule has 3 aromatic rings. The van der Waals surface area contributed by atoms with Gasteiger partial charge in [0, 0.05) is 16.3 Å².